The van der Waals surface area contributed by atoms with Crippen LogP contribution in [0.1, 0.15) is 5.56 Å². The number of hydrogen-bond acceptors (Lipinski definition) is 1. The van der Waals surface area contributed by atoms with E-state index in [1.807, 2.05) is 18.2 Å². The predicted molar refractivity (Wildman–Crippen MR) is 76.1 cm³/mol. The summed E-state index contributed by atoms with van der Waals surface area (Å²) < 4.78 is 37.6. The average Bonchev–Trinajstić information content (AvgIpc) is 2.46. The fourth-order valence-corrected chi connectivity index (χ4v) is 2.26. The van der Waals surface area contributed by atoms with Crippen LogP contribution >= 0.6 is 0 Å². The standard InChI is InChI=1S/C17H11F3O/c18-17(19,20)15-6-3-11(4-7-15)12-1-2-14-10-16(21)8-5-13(14)9-12/h1-10,21H. The van der Waals surface area contributed by atoms with Gasteiger partial charge in [0.1, 0.15) is 5.75 Å². The summed E-state index contributed by atoms with van der Waals surface area (Å²) >= 11 is 0. The molecule has 106 valence electrons. The monoisotopic (exact) mass is 288 g/mol. The summed E-state index contributed by atoms with van der Waals surface area (Å²) in [6.07, 6.45) is -4.32. The summed E-state index contributed by atoms with van der Waals surface area (Å²) in [4.78, 5) is 0. The first-order valence-electron chi connectivity index (χ1n) is 6.34. The molecule has 0 aromatic heterocycles. The molecule has 0 heterocycles. The lowest BCUT2D eigenvalue weighted by molar-refractivity contribution is -0.137. The zero-order valence-corrected chi connectivity index (χ0v) is 10.9. The molecule has 0 aliphatic rings. The Bertz CT molecular complexity index is 789. The van der Waals surface area contributed by atoms with E-state index in [4.69, 9.17) is 0 Å². The minimum Gasteiger partial charge on any atom is -0.508 e. The third-order valence-electron chi connectivity index (χ3n) is 3.37. The molecule has 0 radical (unpaired) electrons. The molecule has 3 aromatic rings. The van der Waals surface area contributed by atoms with Gasteiger partial charge in [0.25, 0.3) is 0 Å². The van der Waals surface area contributed by atoms with E-state index in [1.165, 1.54) is 12.1 Å². The normalized spacial score (nSPS) is 11.8. The molecule has 3 aromatic carbocycles. The lowest BCUT2D eigenvalue weighted by atomic mass is 10.00. The molecule has 3 rings (SSSR count). The molecule has 0 aliphatic heterocycles. The van der Waals surface area contributed by atoms with Crippen LogP contribution in [0.25, 0.3) is 21.9 Å². The van der Waals surface area contributed by atoms with E-state index in [1.54, 1.807) is 18.2 Å². The molecule has 0 atom stereocenters. The zero-order valence-electron chi connectivity index (χ0n) is 10.9. The molecule has 0 aliphatic carbocycles. The van der Waals surface area contributed by atoms with E-state index in [9.17, 15) is 18.3 Å². The molecular weight excluding hydrogens is 277 g/mol. The van der Waals surface area contributed by atoms with Gasteiger partial charge in [-0.25, -0.2) is 0 Å². The van der Waals surface area contributed by atoms with E-state index in [0.717, 1.165) is 34.0 Å². The average molecular weight is 288 g/mol. The van der Waals surface area contributed by atoms with Crippen LogP contribution in [0.2, 0.25) is 0 Å². The third kappa shape index (κ3) is 2.70. The first-order valence-corrected chi connectivity index (χ1v) is 6.34. The zero-order chi connectivity index (χ0) is 15.0. The minimum absolute atomic E-state index is 0.185. The highest BCUT2D eigenvalue weighted by Gasteiger charge is 2.29. The Morgan fingerprint density at radius 1 is 0.667 bits per heavy atom. The molecule has 1 N–H and O–H groups in total. The van der Waals surface area contributed by atoms with Gasteiger partial charge in [0, 0.05) is 0 Å². The van der Waals surface area contributed by atoms with Gasteiger partial charge in [-0.1, -0.05) is 30.3 Å². The molecule has 0 unspecified atom stereocenters. The van der Waals surface area contributed by atoms with Gasteiger partial charge < -0.3 is 5.11 Å². The van der Waals surface area contributed by atoms with Crippen molar-refractivity contribution in [3.63, 3.8) is 0 Å². The van der Waals surface area contributed by atoms with E-state index >= 15 is 0 Å². The molecule has 0 bridgehead atoms. The predicted octanol–water partition coefficient (Wildman–Crippen LogP) is 5.23. The molecule has 0 saturated heterocycles. The first-order chi connectivity index (χ1) is 9.93. The Labute approximate surface area is 119 Å². The fraction of sp³-hybridized carbons (Fsp3) is 0.0588. The van der Waals surface area contributed by atoms with Crippen LogP contribution in [-0.4, -0.2) is 5.11 Å². The van der Waals surface area contributed by atoms with Gasteiger partial charge >= 0.3 is 6.18 Å². The van der Waals surface area contributed by atoms with Crippen molar-refractivity contribution in [1.82, 2.24) is 0 Å². The van der Waals surface area contributed by atoms with Crippen molar-refractivity contribution < 1.29 is 18.3 Å². The van der Waals surface area contributed by atoms with Crippen LogP contribution in [0.15, 0.2) is 60.7 Å². The maximum Gasteiger partial charge on any atom is 0.416 e. The van der Waals surface area contributed by atoms with Crippen LogP contribution in [0.5, 0.6) is 5.75 Å². The maximum atomic E-state index is 12.5. The van der Waals surface area contributed by atoms with E-state index in [0.29, 0.717) is 0 Å². The van der Waals surface area contributed by atoms with Crippen molar-refractivity contribution in [2.75, 3.05) is 0 Å². The van der Waals surface area contributed by atoms with Crippen molar-refractivity contribution in [3.8, 4) is 16.9 Å². The van der Waals surface area contributed by atoms with Gasteiger partial charge in [-0.15, -0.1) is 0 Å². The lowest BCUT2D eigenvalue weighted by Crippen LogP contribution is -2.03. The number of phenols is 1. The highest BCUT2D eigenvalue weighted by Crippen LogP contribution is 2.32. The van der Waals surface area contributed by atoms with Gasteiger partial charge in [-0.2, -0.15) is 13.2 Å². The number of alkyl halides is 3. The summed E-state index contributed by atoms with van der Waals surface area (Å²) in [5.74, 6) is 0.185. The number of benzene rings is 3. The molecule has 0 spiro atoms. The number of aromatic hydroxyl groups is 1. The molecule has 0 fully saturated rings. The molecule has 0 amide bonds. The van der Waals surface area contributed by atoms with Crippen molar-refractivity contribution in [1.29, 1.82) is 0 Å². The number of phenolic OH excluding ortho intramolecular Hbond substituents is 1. The van der Waals surface area contributed by atoms with Gasteiger partial charge in [-0.3, -0.25) is 0 Å². The molecule has 0 saturated carbocycles. The minimum atomic E-state index is -4.32. The Balaban J connectivity index is 2.02. The summed E-state index contributed by atoms with van der Waals surface area (Å²) in [6, 6.07) is 15.6. The topological polar surface area (TPSA) is 20.2 Å². The maximum absolute atomic E-state index is 12.5. The molecule has 21 heavy (non-hydrogen) atoms. The van der Waals surface area contributed by atoms with Gasteiger partial charge in [0.2, 0.25) is 0 Å². The van der Waals surface area contributed by atoms with Crippen LogP contribution < -0.4 is 0 Å². The SMILES string of the molecule is Oc1ccc2cc(-c3ccc(C(F)(F)F)cc3)ccc2c1. The lowest BCUT2D eigenvalue weighted by Gasteiger charge is -2.08. The van der Waals surface area contributed by atoms with Gasteiger partial charge in [-0.05, 0) is 52.2 Å². The summed E-state index contributed by atoms with van der Waals surface area (Å²) in [6.45, 7) is 0. The Morgan fingerprint density at radius 3 is 1.90 bits per heavy atom. The second-order valence-corrected chi connectivity index (χ2v) is 4.82. The van der Waals surface area contributed by atoms with E-state index < -0.39 is 11.7 Å². The van der Waals surface area contributed by atoms with Crippen molar-refractivity contribution in [2.45, 2.75) is 6.18 Å². The van der Waals surface area contributed by atoms with Crippen LogP contribution in [0, 0.1) is 0 Å². The summed E-state index contributed by atoms with van der Waals surface area (Å²) in [7, 11) is 0. The fourth-order valence-electron chi connectivity index (χ4n) is 2.26. The quantitative estimate of drug-likeness (QED) is 0.650. The first kappa shape index (κ1) is 13.5. The number of fused-ring (bicyclic) bond motifs is 1. The summed E-state index contributed by atoms with van der Waals surface area (Å²) in [5, 5.41) is 11.2. The van der Waals surface area contributed by atoms with Crippen LogP contribution in [0.4, 0.5) is 13.2 Å². The second-order valence-electron chi connectivity index (χ2n) is 4.82. The molecule has 4 heteroatoms. The van der Waals surface area contributed by atoms with E-state index in [-0.39, 0.29) is 5.75 Å². The van der Waals surface area contributed by atoms with Crippen molar-refractivity contribution in [2.24, 2.45) is 0 Å². The van der Waals surface area contributed by atoms with Gasteiger partial charge in [0.15, 0.2) is 0 Å². The number of halogens is 3. The van der Waals surface area contributed by atoms with Gasteiger partial charge in [0.05, 0.1) is 5.56 Å². The Morgan fingerprint density at radius 2 is 1.24 bits per heavy atom. The van der Waals surface area contributed by atoms with Crippen molar-refractivity contribution in [3.05, 3.63) is 66.2 Å². The van der Waals surface area contributed by atoms with E-state index in [2.05, 4.69) is 0 Å². The molecular formula is C17H11F3O. The smallest absolute Gasteiger partial charge is 0.416 e. The number of rotatable bonds is 1. The highest BCUT2D eigenvalue weighted by atomic mass is 19.4. The largest absolute Gasteiger partial charge is 0.508 e. The Kier molecular flexibility index (Phi) is 3.09. The van der Waals surface area contributed by atoms with Crippen LogP contribution in [0.3, 0.4) is 0 Å². The van der Waals surface area contributed by atoms with Crippen LogP contribution in [-0.2, 0) is 6.18 Å². The second kappa shape index (κ2) is 4.81. The highest BCUT2D eigenvalue weighted by molar-refractivity contribution is 5.88. The molecule has 1 nitrogen and oxygen atoms in total. The summed E-state index contributed by atoms with van der Waals surface area (Å²) in [5.41, 5.74) is 0.900. The third-order valence-corrected chi connectivity index (χ3v) is 3.37. The number of hydrogen-bond donors (Lipinski definition) is 1. The Hall–Kier alpha value is -2.49. The van der Waals surface area contributed by atoms with Crippen molar-refractivity contribution >= 4 is 10.8 Å².